The average Bonchev–Trinajstić information content (AvgIpc) is 2.16. The number of halogens is 3. The highest BCUT2D eigenvalue weighted by molar-refractivity contribution is 9.09. The zero-order valence-corrected chi connectivity index (χ0v) is 10.1. The average molecular weight is 282 g/mol. The number of hydrogen-bond acceptors (Lipinski definition) is 1. The van der Waals surface area contributed by atoms with Crippen LogP contribution in [0.3, 0.4) is 0 Å². The number of rotatable bonds is 4. The zero-order valence-electron chi connectivity index (χ0n) is 7.77. The molecule has 0 aromatic heterocycles. The molecule has 78 valence electrons. The van der Waals surface area contributed by atoms with Crippen LogP contribution in [0.1, 0.15) is 6.92 Å². The van der Waals surface area contributed by atoms with E-state index < -0.39 is 5.82 Å². The summed E-state index contributed by atoms with van der Waals surface area (Å²) >= 11 is 9.10. The molecule has 1 aromatic carbocycles. The van der Waals surface area contributed by atoms with Crippen molar-refractivity contribution in [2.75, 3.05) is 11.9 Å². The first-order valence-electron chi connectivity index (χ1n) is 4.28. The predicted molar refractivity (Wildman–Crippen MR) is 59.9 cm³/mol. The van der Waals surface area contributed by atoms with Crippen LogP contribution in [0, 0.1) is 11.7 Å². The molecule has 1 aromatic rings. The van der Waals surface area contributed by atoms with Crippen molar-refractivity contribution >= 4 is 27.5 Å². The van der Waals surface area contributed by atoms with Crippen LogP contribution in [-0.4, -0.2) is 11.9 Å². The van der Waals surface area contributed by atoms with Crippen molar-refractivity contribution in [3.63, 3.8) is 0 Å². The molecule has 4 heteroatoms. The van der Waals surface area contributed by atoms with Crippen LogP contribution < -0.4 is 4.74 Å². The van der Waals surface area contributed by atoms with E-state index in [1.807, 2.05) is 6.92 Å². The molecule has 0 saturated heterocycles. The molecule has 1 atom stereocenters. The minimum absolute atomic E-state index is 0.141. The van der Waals surface area contributed by atoms with Crippen molar-refractivity contribution in [2.24, 2.45) is 5.92 Å². The van der Waals surface area contributed by atoms with Crippen LogP contribution in [0.15, 0.2) is 18.2 Å². The quantitative estimate of drug-likeness (QED) is 0.761. The fraction of sp³-hybridized carbons (Fsp3) is 0.400. The van der Waals surface area contributed by atoms with Gasteiger partial charge < -0.3 is 4.74 Å². The summed E-state index contributed by atoms with van der Waals surface area (Å²) in [7, 11) is 0. The van der Waals surface area contributed by atoms with E-state index >= 15 is 0 Å². The molecule has 0 aliphatic carbocycles. The van der Waals surface area contributed by atoms with Gasteiger partial charge in [0.05, 0.1) is 11.6 Å². The molecule has 0 heterocycles. The Kier molecular flexibility index (Phi) is 4.69. The number of benzene rings is 1. The summed E-state index contributed by atoms with van der Waals surface area (Å²) in [6.07, 6.45) is 0. The molecule has 0 aliphatic heterocycles. The zero-order chi connectivity index (χ0) is 10.6. The Bertz CT molecular complexity index is 286. The Balaban J connectivity index is 2.66. The van der Waals surface area contributed by atoms with Gasteiger partial charge in [0.15, 0.2) is 11.6 Å². The van der Waals surface area contributed by atoms with Crippen molar-refractivity contribution in [3.8, 4) is 5.75 Å². The Labute approximate surface area is 96.3 Å². The number of hydrogen-bond donors (Lipinski definition) is 0. The first-order chi connectivity index (χ1) is 6.65. The fourth-order valence-corrected chi connectivity index (χ4v) is 1.30. The molecule has 1 unspecified atom stereocenters. The van der Waals surface area contributed by atoms with Gasteiger partial charge in [-0.05, 0) is 18.1 Å². The molecule has 0 radical (unpaired) electrons. The second kappa shape index (κ2) is 5.56. The lowest BCUT2D eigenvalue weighted by Crippen LogP contribution is -2.10. The number of ether oxygens (including phenoxy) is 1. The van der Waals surface area contributed by atoms with Gasteiger partial charge in [0.2, 0.25) is 0 Å². The normalized spacial score (nSPS) is 12.6. The third kappa shape index (κ3) is 3.14. The van der Waals surface area contributed by atoms with Crippen LogP contribution in [0.2, 0.25) is 5.02 Å². The van der Waals surface area contributed by atoms with E-state index in [1.165, 1.54) is 6.07 Å². The van der Waals surface area contributed by atoms with Crippen LogP contribution in [0.25, 0.3) is 0 Å². The van der Waals surface area contributed by atoms with Crippen LogP contribution in [-0.2, 0) is 0 Å². The van der Waals surface area contributed by atoms with Gasteiger partial charge in [-0.1, -0.05) is 40.5 Å². The first kappa shape index (κ1) is 11.8. The highest BCUT2D eigenvalue weighted by Crippen LogP contribution is 2.27. The summed E-state index contributed by atoms with van der Waals surface area (Å²) < 4.78 is 18.5. The third-order valence-corrected chi connectivity index (χ3v) is 3.10. The lowest BCUT2D eigenvalue weighted by molar-refractivity contribution is 0.262. The minimum atomic E-state index is -0.417. The molecule has 14 heavy (non-hydrogen) atoms. The molecule has 0 fully saturated rings. The van der Waals surface area contributed by atoms with E-state index in [9.17, 15) is 4.39 Å². The topological polar surface area (TPSA) is 9.23 Å². The lowest BCUT2D eigenvalue weighted by atomic mass is 10.2. The van der Waals surface area contributed by atoms with Crippen molar-refractivity contribution in [2.45, 2.75) is 6.92 Å². The van der Waals surface area contributed by atoms with Gasteiger partial charge in [-0.15, -0.1) is 0 Å². The minimum Gasteiger partial charge on any atom is -0.489 e. The maximum absolute atomic E-state index is 13.2. The van der Waals surface area contributed by atoms with Crippen molar-refractivity contribution < 1.29 is 9.13 Å². The standard InChI is InChI=1S/C10H11BrClFO/c1-7(5-11)6-14-10-8(12)3-2-4-9(10)13/h2-4,7H,5-6H2,1H3. The van der Waals surface area contributed by atoms with Gasteiger partial charge in [-0.3, -0.25) is 0 Å². The Morgan fingerprint density at radius 2 is 2.29 bits per heavy atom. The smallest absolute Gasteiger partial charge is 0.173 e. The number of alkyl halides is 1. The highest BCUT2D eigenvalue weighted by atomic mass is 79.9. The van der Waals surface area contributed by atoms with E-state index in [-0.39, 0.29) is 5.75 Å². The summed E-state index contributed by atoms with van der Waals surface area (Å²) in [5, 5.41) is 1.13. The van der Waals surface area contributed by atoms with Gasteiger partial charge in [-0.2, -0.15) is 0 Å². The molecule has 1 rings (SSSR count). The van der Waals surface area contributed by atoms with Gasteiger partial charge in [0.1, 0.15) is 0 Å². The Morgan fingerprint density at radius 3 is 2.86 bits per heavy atom. The predicted octanol–water partition coefficient (Wildman–Crippen LogP) is 3.89. The lowest BCUT2D eigenvalue weighted by Gasteiger charge is -2.11. The maximum Gasteiger partial charge on any atom is 0.173 e. The van der Waals surface area contributed by atoms with Crippen molar-refractivity contribution in [3.05, 3.63) is 29.0 Å². The molecule has 0 amide bonds. The van der Waals surface area contributed by atoms with E-state index in [0.717, 1.165) is 5.33 Å². The van der Waals surface area contributed by atoms with Gasteiger partial charge in [-0.25, -0.2) is 4.39 Å². The molecular formula is C10H11BrClFO. The summed E-state index contributed by atoms with van der Waals surface area (Å²) in [5.41, 5.74) is 0. The first-order valence-corrected chi connectivity index (χ1v) is 5.78. The fourth-order valence-electron chi connectivity index (χ4n) is 0.891. The van der Waals surface area contributed by atoms with Crippen LogP contribution >= 0.6 is 27.5 Å². The van der Waals surface area contributed by atoms with Crippen LogP contribution in [0.4, 0.5) is 4.39 Å². The summed E-state index contributed by atoms with van der Waals surface area (Å²) in [6, 6.07) is 4.50. The van der Waals surface area contributed by atoms with Crippen LogP contribution in [0.5, 0.6) is 5.75 Å². The highest BCUT2D eigenvalue weighted by Gasteiger charge is 2.09. The monoisotopic (exact) mass is 280 g/mol. The Morgan fingerprint density at radius 1 is 1.57 bits per heavy atom. The maximum atomic E-state index is 13.2. The third-order valence-electron chi connectivity index (χ3n) is 1.69. The van der Waals surface area contributed by atoms with Gasteiger partial charge in [0.25, 0.3) is 0 Å². The molecular weight excluding hydrogens is 270 g/mol. The van der Waals surface area contributed by atoms with E-state index in [1.54, 1.807) is 12.1 Å². The summed E-state index contributed by atoms with van der Waals surface area (Å²) in [6.45, 7) is 2.45. The van der Waals surface area contributed by atoms with Gasteiger partial charge in [0, 0.05) is 5.33 Å². The van der Waals surface area contributed by atoms with E-state index in [4.69, 9.17) is 16.3 Å². The molecule has 0 spiro atoms. The summed E-state index contributed by atoms with van der Waals surface area (Å²) in [5.74, 6) is 0.0481. The van der Waals surface area contributed by atoms with E-state index in [0.29, 0.717) is 17.5 Å². The van der Waals surface area contributed by atoms with Crippen molar-refractivity contribution in [1.29, 1.82) is 0 Å². The second-order valence-corrected chi connectivity index (χ2v) is 4.18. The molecule has 0 saturated carbocycles. The largest absolute Gasteiger partial charge is 0.489 e. The second-order valence-electron chi connectivity index (χ2n) is 3.12. The molecule has 0 aliphatic rings. The molecule has 0 N–H and O–H groups in total. The van der Waals surface area contributed by atoms with E-state index in [2.05, 4.69) is 15.9 Å². The molecule has 0 bridgehead atoms. The SMILES string of the molecule is CC(CBr)COc1c(F)cccc1Cl. The summed E-state index contributed by atoms with van der Waals surface area (Å²) in [4.78, 5) is 0. The van der Waals surface area contributed by atoms with Crippen molar-refractivity contribution in [1.82, 2.24) is 0 Å². The number of para-hydroxylation sites is 1. The molecule has 1 nitrogen and oxygen atoms in total. The Hall–Kier alpha value is -0.280. The van der Waals surface area contributed by atoms with Gasteiger partial charge >= 0.3 is 0 Å².